The molecule has 1 aromatic carbocycles. The van der Waals surface area contributed by atoms with Crippen LogP contribution in [0.4, 0.5) is 10.2 Å². The molecule has 4 N–H and O–H groups in total. The number of aromatic nitrogens is 3. The number of nitrogens with zero attached hydrogens (tertiary/aromatic N) is 5. The Morgan fingerprint density at radius 3 is 2.67 bits per heavy atom. The van der Waals surface area contributed by atoms with E-state index in [0.717, 1.165) is 76.0 Å². The molecule has 2 saturated heterocycles. The van der Waals surface area contributed by atoms with Crippen molar-refractivity contribution < 1.29 is 13.9 Å². The van der Waals surface area contributed by atoms with Gasteiger partial charge < -0.3 is 26.0 Å². The zero-order valence-corrected chi connectivity index (χ0v) is 27.2. The summed E-state index contributed by atoms with van der Waals surface area (Å²) < 4.78 is 22.1. The molecule has 4 heterocycles. The van der Waals surface area contributed by atoms with Crippen molar-refractivity contribution >= 4 is 34.9 Å². The van der Waals surface area contributed by atoms with Crippen LogP contribution in [0.2, 0.25) is 10.0 Å². The molecule has 242 valence electrons. The Hall–Kier alpha value is -2.92. The van der Waals surface area contributed by atoms with Gasteiger partial charge in [-0.25, -0.2) is 9.37 Å². The summed E-state index contributed by atoms with van der Waals surface area (Å²) in [5, 5.41) is 4.84. The minimum absolute atomic E-state index is 0.0864. The van der Waals surface area contributed by atoms with Crippen LogP contribution in [0, 0.1) is 11.2 Å². The Labute approximate surface area is 274 Å². The third-order valence-electron chi connectivity index (χ3n) is 9.83. The molecule has 3 aliphatic rings. The second-order valence-corrected chi connectivity index (χ2v) is 13.7. The van der Waals surface area contributed by atoms with Gasteiger partial charge in [-0.05, 0) is 75.6 Å². The fourth-order valence-corrected chi connectivity index (χ4v) is 7.52. The number of rotatable bonds is 11. The Bertz CT molecular complexity index is 1520. The van der Waals surface area contributed by atoms with E-state index in [1.807, 2.05) is 15.8 Å². The maximum atomic E-state index is 14.1. The number of nitrogens with two attached hydrogens (primary N) is 2. The number of anilines is 1. The van der Waals surface area contributed by atoms with Crippen molar-refractivity contribution in [2.45, 2.75) is 76.5 Å². The maximum Gasteiger partial charge on any atom is 0.222 e. The van der Waals surface area contributed by atoms with Crippen molar-refractivity contribution in [1.82, 2.24) is 24.6 Å². The SMILES string of the molecule is C[C@@H](Oc1cc(-c2cnn(C3CCN(C(=O)CCCCCN4C[C@H](N)C5(CC5)C4)CC3)c2)cnc1N)c1c(Cl)ccc(F)c1Cl. The lowest BCUT2D eigenvalue weighted by atomic mass is 10.0. The summed E-state index contributed by atoms with van der Waals surface area (Å²) in [4.78, 5) is 21.7. The molecule has 2 aliphatic heterocycles. The number of carbonyl (C=O) groups excluding carboxylic acids is 1. The molecule has 2 atom stereocenters. The lowest BCUT2D eigenvalue weighted by Crippen LogP contribution is -2.39. The molecule has 6 rings (SSSR count). The van der Waals surface area contributed by atoms with E-state index in [1.165, 1.54) is 25.0 Å². The van der Waals surface area contributed by atoms with E-state index >= 15 is 0 Å². The van der Waals surface area contributed by atoms with Gasteiger partial charge in [0.25, 0.3) is 0 Å². The Morgan fingerprint density at radius 1 is 1.16 bits per heavy atom. The van der Waals surface area contributed by atoms with Crippen LogP contribution in [0.5, 0.6) is 5.75 Å². The van der Waals surface area contributed by atoms with Gasteiger partial charge in [-0.3, -0.25) is 9.48 Å². The average molecular weight is 659 g/mol. The van der Waals surface area contributed by atoms with E-state index in [9.17, 15) is 9.18 Å². The van der Waals surface area contributed by atoms with Gasteiger partial charge in [0.2, 0.25) is 5.91 Å². The molecule has 12 heteroatoms. The van der Waals surface area contributed by atoms with Crippen LogP contribution < -0.4 is 16.2 Å². The predicted molar refractivity (Wildman–Crippen MR) is 175 cm³/mol. The summed E-state index contributed by atoms with van der Waals surface area (Å²) in [6, 6.07) is 5.00. The predicted octanol–water partition coefficient (Wildman–Crippen LogP) is 6.26. The fourth-order valence-electron chi connectivity index (χ4n) is 6.84. The molecule has 1 saturated carbocycles. The Kier molecular flexibility index (Phi) is 9.57. The van der Waals surface area contributed by atoms with E-state index in [0.29, 0.717) is 34.2 Å². The summed E-state index contributed by atoms with van der Waals surface area (Å²) >= 11 is 12.5. The molecule has 1 spiro atoms. The van der Waals surface area contributed by atoms with Gasteiger partial charge in [-0.15, -0.1) is 0 Å². The number of benzene rings is 1. The van der Waals surface area contributed by atoms with Gasteiger partial charge >= 0.3 is 0 Å². The number of pyridine rings is 1. The number of nitrogen functional groups attached to an aromatic ring is 1. The van der Waals surface area contributed by atoms with E-state index in [4.69, 9.17) is 39.4 Å². The van der Waals surface area contributed by atoms with Crippen molar-refractivity contribution in [2.75, 3.05) is 38.5 Å². The monoisotopic (exact) mass is 657 g/mol. The van der Waals surface area contributed by atoms with Crippen molar-refractivity contribution in [3.05, 3.63) is 58.2 Å². The van der Waals surface area contributed by atoms with E-state index in [-0.39, 0.29) is 22.8 Å². The van der Waals surface area contributed by atoms with Crippen molar-refractivity contribution in [2.24, 2.45) is 11.1 Å². The maximum absolute atomic E-state index is 14.1. The number of hydrogen-bond donors (Lipinski definition) is 2. The van der Waals surface area contributed by atoms with Crippen LogP contribution in [0.1, 0.15) is 76.0 Å². The van der Waals surface area contributed by atoms with Crippen molar-refractivity contribution in [3.63, 3.8) is 0 Å². The molecule has 1 amide bonds. The van der Waals surface area contributed by atoms with Gasteiger partial charge in [-0.2, -0.15) is 5.10 Å². The van der Waals surface area contributed by atoms with Gasteiger partial charge in [-0.1, -0.05) is 29.6 Å². The summed E-state index contributed by atoms with van der Waals surface area (Å²) in [5.41, 5.74) is 14.9. The molecule has 0 bridgehead atoms. The van der Waals surface area contributed by atoms with Crippen LogP contribution in [0.25, 0.3) is 11.1 Å². The van der Waals surface area contributed by atoms with E-state index in [1.54, 1.807) is 25.4 Å². The first kappa shape index (κ1) is 32.0. The third-order valence-corrected chi connectivity index (χ3v) is 10.5. The number of amides is 1. The van der Waals surface area contributed by atoms with E-state index < -0.39 is 11.9 Å². The highest BCUT2D eigenvalue weighted by atomic mass is 35.5. The first-order valence-electron chi connectivity index (χ1n) is 16.0. The first-order valence-corrected chi connectivity index (χ1v) is 16.7. The minimum atomic E-state index is -0.667. The highest BCUT2D eigenvalue weighted by Crippen LogP contribution is 2.52. The molecule has 9 nitrogen and oxygen atoms in total. The van der Waals surface area contributed by atoms with Gasteiger partial charge in [0, 0.05) is 72.7 Å². The smallest absolute Gasteiger partial charge is 0.222 e. The second kappa shape index (κ2) is 13.4. The highest BCUT2D eigenvalue weighted by molar-refractivity contribution is 6.36. The van der Waals surface area contributed by atoms with Gasteiger partial charge in [0.1, 0.15) is 11.9 Å². The van der Waals surface area contributed by atoms with E-state index in [2.05, 4.69) is 15.0 Å². The number of carbonyl (C=O) groups is 1. The summed E-state index contributed by atoms with van der Waals surface area (Å²) in [7, 11) is 0. The van der Waals surface area contributed by atoms with Gasteiger partial charge in [0.15, 0.2) is 11.6 Å². The first-order chi connectivity index (χ1) is 21.6. The number of piperidine rings is 1. The quantitative estimate of drug-likeness (QED) is 0.185. The summed E-state index contributed by atoms with van der Waals surface area (Å²) in [6.45, 7) is 6.48. The van der Waals surface area contributed by atoms with Crippen LogP contribution in [-0.4, -0.2) is 69.2 Å². The number of ether oxygens (including phenoxy) is 1. The third kappa shape index (κ3) is 7.09. The van der Waals surface area contributed by atoms with Gasteiger partial charge in [0.05, 0.1) is 17.3 Å². The molecule has 3 aromatic rings. The topological polar surface area (TPSA) is 116 Å². The normalized spacial score (nSPS) is 20.6. The Balaban J connectivity index is 0.971. The minimum Gasteiger partial charge on any atom is -0.482 e. The molecule has 0 radical (unpaired) electrons. The number of halogens is 3. The Morgan fingerprint density at radius 2 is 1.93 bits per heavy atom. The number of likely N-dealkylation sites (tertiary alicyclic amines) is 2. The van der Waals surface area contributed by atoms with Crippen LogP contribution in [-0.2, 0) is 4.79 Å². The molecule has 2 aromatic heterocycles. The molecule has 3 fully saturated rings. The number of unbranched alkanes of at least 4 members (excludes halogenated alkanes) is 2. The van der Waals surface area contributed by atoms with Crippen LogP contribution >= 0.6 is 23.2 Å². The zero-order chi connectivity index (χ0) is 31.7. The largest absolute Gasteiger partial charge is 0.482 e. The molecule has 0 unspecified atom stereocenters. The zero-order valence-electron chi connectivity index (χ0n) is 25.7. The second-order valence-electron chi connectivity index (χ2n) is 13.0. The van der Waals surface area contributed by atoms with Crippen LogP contribution in [0.15, 0.2) is 36.8 Å². The lowest BCUT2D eigenvalue weighted by Gasteiger charge is -2.32. The molecular formula is C33H42Cl2FN7O2. The summed E-state index contributed by atoms with van der Waals surface area (Å²) in [6.07, 6.45) is 12.8. The molecule has 45 heavy (non-hydrogen) atoms. The summed E-state index contributed by atoms with van der Waals surface area (Å²) in [5.74, 6) is 0.212. The number of hydrogen-bond acceptors (Lipinski definition) is 7. The average Bonchev–Trinajstić information content (AvgIpc) is 3.51. The van der Waals surface area contributed by atoms with Crippen LogP contribution in [0.3, 0.4) is 0 Å². The fraction of sp³-hybridized carbons (Fsp3) is 0.545. The highest BCUT2D eigenvalue weighted by Gasteiger charge is 2.53. The molecule has 1 aliphatic carbocycles. The molecular weight excluding hydrogens is 616 g/mol. The van der Waals surface area contributed by atoms with Crippen molar-refractivity contribution in [3.8, 4) is 16.9 Å². The van der Waals surface area contributed by atoms with Crippen molar-refractivity contribution in [1.29, 1.82) is 0 Å². The standard InChI is InChI=1S/C33H42Cl2FN7O2/c1-21(30-25(34)6-7-26(36)31(30)35)45-27-15-22(16-39-32(27)38)23-17-40-43(18-23)24-8-13-42(14-9-24)29(44)5-3-2-4-12-41-19-28(37)33(20-41)10-11-33/h6-7,15-18,21,24,28H,2-5,8-14,19-20,37H2,1H3,(H2,38,39)/t21-,28+/m1/s1. The lowest BCUT2D eigenvalue weighted by molar-refractivity contribution is -0.132.